The van der Waals surface area contributed by atoms with Gasteiger partial charge in [0.05, 0.1) is 12.2 Å². The predicted molar refractivity (Wildman–Crippen MR) is 53.3 cm³/mol. The Morgan fingerprint density at radius 2 is 2.18 bits per heavy atom. The molecule has 2 rings (SSSR count). The Balaban J connectivity index is 2.35. The summed E-state index contributed by atoms with van der Waals surface area (Å²) in [5.74, 6) is 0. The van der Waals surface area contributed by atoms with Gasteiger partial charge in [0.25, 0.3) is 5.56 Å². The molecule has 0 spiro atoms. The van der Waals surface area contributed by atoms with E-state index >= 15 is 0 Å². The van der Waals surface area contributed by atoms with E-state index in [4.69, 9.17) is 9.84 Å². The van der Waals surface area contributed by atoms with Crippen LogP contribution >= 0.6 is 0 Å². The summed E-state index contributed by atoms with van der Waals surface area (Å²) in [7, 11) is 0. The van der Waals surface area contributed by atoms with Gasteiger partial charge in [0.1, 0.15) is 18.3 Å². The minimum Gasteiger partial charge on any atom is -0.394 e. The van der Waals surface area contributed by atoms with Gasteiger partial charge in [-0.05, 0) is 0 Å². The first kappa shape index (κ1) is 12.0. The van der Waals surface area contributed by atoms with E-state index in [1.165, 1.54) is 0 Å². The summed E-state index contributed by atoms with van der Waals surface area (Å²) >= 11 is 0. The second-order valence-corrected chi connectivity index (χ2v) is 3.74. The number of alkyl halides is 1. The van der Waals surface area contributed by atoms with Crippen molar-refractivity contribution in [3.8, 4) is 0 Å². The largest absolute Gasteiger partial charge is 0.394 e. The maximum absolute atomic E-state index is 13.7. The van der Waals surface area contributed by atoms with Gasteiger partial charge in [-0.1, -0.05) is 0 Å². The molecule has 1 fully saturated rings. The van der Waals surface area contributed by atoms with Crippen LogP contribution in [0, 0.1) is 0 Å². The third-order valence-corrected chi connectivity index (χ3v) is 2.65. The van der Waals surface area contributed by atoms with Gasteiger partial charge < -0.3 is 19.9 Å². The Morgan fingerprint density at radius 1 is 1.47 bits per heavy atom. The lowest BCUT2D eigenvalue weighted by Gasteiger charge is -2.11. The molecule has 2 unspecified atom stereocenters. The summed E-state index contributed by atoms with van der Waals surface area (Å²) < 4.78 is 18.7. The first-order valence-electron chi connectivity index (χ1n) is 4.95. The molecule has 0 bridgehead atoms. The quantitative estimate of drug-likeness (QED) is 0.491. The van der Waals surface area contributed by atoms with E-state index in [0.717, 1.165) is 6.20 Å². The number of H-pyrrole nitrogens is 2. The Kier molecular flexibility index (Phi) is 3.09. The molecule has 17 heavy (non-hydrogen) atoms. The van der Waals surface area contributed by atoms with Crippen LogP contribution in [0.1, 0.15) is 11.7 Å². The Bertz CT molecular complexity index is 513. The van der Waals surface area contributed by atoms with E-state index in [1.54, 1.807) is 0 Å². The molecule has 1 saturated heterocycles. The molecule has 1 aliphatic heterocycles. The maximum Gasteiger partial charge on any atom is 0.325 e. The average molecular weight is 246 g/mol. The molecule has 0 amide bonds. The number of aromatic nitrogens is 2. The number of aromatic amines is 2. The predicted octanol–water partition coefficient (Wildman–Crippen LogP) is -1.81. The van der Waals surface area contributed by atoms with Crippen LogP contribution in [0.5, 0.6) is 0 Å². The Hall–Kier alpha value is -1.51. The van der Waals surface area contributed by atoms with Crippen LogP contribution in [0.4, 0.5) is 4.39 Å². The lowest BCUT2D eigenvalue weighted by Crippen LogP contribution is -2.31. The molecule has 0 aromatic carbocycles. The van der Waals surface area contributed by atoms with E-state index < -0.39 is 42.3 Å². The smallest absolute Gasteiger partial charge is 0.325 e. The zero-order chi connectivity index (χ0) is 12.6. The SMILES string of the molecule is O=c1[nH]cc([C@@H]2O[C@H](CO)C(O)C2F)c(=O)[nH]1. The number of hydrogen-bond acceptors (Lipinski definition) is 5. The highest BCUT2D eigenvalue weighted by Crippen LogP contribution is 2.33. The topological polar surface area (TPSA) is 115 Å². The molecule has 7 nitrogen and oxygen atoms in total. The summed E-state index contributed by atoms with van der Waals surface area (Å²) in [6.07, 6.45) is -4.69. The maximum atomic E-state index is 13.7. The van der Waals surface area contributed by atoms with Gasteiger partial charge in [0, 0.05) is 6.20 Å². The van der Waals surface area contributed by atoms with Crippen molar-refractivity contribution in [1.82, 2.24) is 9.97 Å². The minimum atomic E-state index is -1.83. The van der Waals surface area contributed by atoms with Crippen LogP contribution < -0.4 is 11.2 Å². The second kappa shape index (κ2) is 4.40. The summed E-state index contributed by atoms with van der Waals surface area (Å²) in [6, 6.07) is 0. The fraction of sp³-hybridized carbons (Fsp3) is 0.556. The van der Waals surface area contributed by atoms with E-state index in [-0.39, 0.29) is 5.56 Å². The highest BCUT2D eigenvalue weighted by molar-refractivity contribution is 5.13. The zero-order valence-corrected chi connectivity index (χ0v) is 8.59. The number of aliphatic hydroxyl groups excluding tert-OH is 2. The van der Waals surface area contributed by atoms with Gasteiger partial charge >= 0.3 is 5.69 Å². The monoisotopic (exact) mass is 246 g/mol. The van der Waals surface area contributed by atoms with Crippen LogP contribution in [-0.2, 0) is 4.74 Å². The lowest BCUT2D eigenvalue weighted by molar-refractivity contribution is -0.0230. The first-order chi connectivity index (χ1) is 8.04. The number of halogens is 1. The number of ether oxygens (including phenoxy) is 1. The van der Waals surface area contributed by atoms with Gasteiger partial charge in [-0.3, -0.25) is 9.78 Å². The van der Waals surface area contributed by atoms with Crippen LogP contribution in [0.2, 0.25) is 0 Å². The Morgan fingerprint density at radius 3 is 2.71 bits per heavy atom. The van der Waals surface area contributed by atoms with Crippen molar-refractivity contribution in [3.05, 3.63) is 32.6 Å². The van der Waals surface area contributed by atoms with Gasteiger partial charge in [-0.2, -0.15) is 0 Å². The molecule has 1 aromatic rings. The van der Waals surface area contributed by atoms with Crippen molar-refractivity contribution in [3.63, 3.8) is 0 Å². The van der Waals surface area contributed by atoms with Crippen LogP contribution in [0.3, 0.4) is 0 Å². The fourth-order valence-electron chi connectivity index (χ4n) is 1.76. The van der Waals surface area contributed by atoms with Crippen molar-refractivity contribution in [1.29, 1.82) is 0 Å². The van der Waals surface area contributed by atoms with Gasteiger partial charge in [-0.25, -0.2) is 9.18 Å². The number of rotatable bonds is 2. The molecule has 1 aliphatic rings. The molecular weight excluding hydrogens is 235 g/mol. The summed E-state index contributed by atoms with van der Waals surface area (Å²) in [5, 5.41) is 18.2. The summed E-state index contributed by atoms with van der Waals surface area (Å²) in [5.41, 5.74) is -1.63. The molecule has 4 N–H and O–H groups in total. The number of aliphatic hydroxyl groups is 2. The highest BCUT2D eigenvalue weighted by atomic mass is 19.1. The van der Waals surface area contributed by atoms with E-state index in [0.29, 0.717) is 0 Å². The molecule has 94 valence electrons. The van der Waals surface area contributed by atoms with E-state index in [1.807, 2.05) is 4.98 Å². The standard InChI is InChI=1S/C9H11FN2O5/c10-5-6(14)4(2-13)17-7(5)3-1-11-9(16)12-8(3)15/h1,4-7,13-14H,2H2,(H2,11,12,15,16)/t4-,5?,6?,7+/m1/s1. The van der Waals surface area contributed by atoms with Crippen LogP contribution in [-0.4, -0.2) is 45.2 Å². The summed E-state index contributed by atoms with van der Waals surface area (Å²) in [6.45, 7) is -0.556. The molecule has 0 saturated carbocycles. The van der Waals surface area contributed by atoms with Crippen LogP contribution in [0.25, 0.3) is 0 Å². The van der Waals surface area contributed by atoms with Gasteiger partial charge in [0.15, 0.2) is 6.17 Å². The molecule has 2 heterocycles. The number of nitrogens with one attached hydrogen (secondary N) is 2. The average Bonchev–Trinajstić information content (AvgIpc) is 2.57. The third kappa shape index (κ3) is 2.02. The van der Waals surface area contributed by atoms with Crippen molar-refractivity contribution in [2.24, 2.45) is 0 Å². The van der Waals surface area contributed by atoms with Crippen molar-refractivity contribution < 1.29 is 19.3 Å². The van der Waals surface area contributed by atoms with Gasteiger partial charge in [0.2, 0.25) is 0 Å². The Labute approximate surface area is 93.9 Å². The molecule has 0 radical (unpaired) electrons. The molecule has 0 aliphatic carbocycles. The van der Waals surface area contributed by atoms with Crippen molar-refractivity contribution in [2.45, 2.75) is 24.5 Å². The van der Waals surface area contributed by atoms with E-state index in [2.05, 4.69) is 4.98 Å². The zero-order valence-electron chi connectivity index (χ0n) is 8.59. The molecule has 8 heteroatoms. The molecular formula is C9H11FN2O5. The van der Waals surface area contributed by atoms with Crippen molar-refractivity contribution >= 4 is 0 Å². The molecule has 1 aromatic heterocycles. The highest BCUT2D eigenvalue weighted by Gasteiger charge is 2.45. The minimum absolute atomic E-state index is 0.132. The molecule has 4 atom stereocenters. The first-order valence-corrected chi connectivity index (χ1v) is 4.95. The van der Waals surface area contributed by atoms with Crippen molar-refractivity contribution in [2.75, 3.05) is 6.61 Å². The third-order valence-electron chi connectivity index (χ3n) is 2.65. The van der Waals surface area contributed by atoms with Crippen LogP contribution in [0.15, 0.2) is 15.8 Å². The lowest BCUT2D eigenvalue weighted by atomic mass is 10.1. The van der Waals surface area contributed by atoms with Gasteiger partial charge in [-0.15, -0.1) is 0 Å². The normalized spacial score (nSPS) is 32.9. The number of hydrogen-bond donors (Lipinski definition) is 4. The summed E-state index contributed by atoms with van der Waals surface area (Å²) in [4.78, 5) is 26.3. The second-order valence-electron chi connectivity index (χ2n) is 3.74. The fourth-order valence-corrected chi connectivity index (χ4v) is 1.76. The van der Waals surface area contributed by atoms with E-state index in [9.17, 15) is 19.1 Å².